The fraction of sp³-hybridized carbons (Fsp3) is 0.353. The van der Waals surface area contributed by atoms with Gasteiger partial charge in [0.05, 0.1) is 12.6 Å². The minimum absolute atomic E-state index is 0.0663. The van der Waals surface area contributed by atoms with Gasteiger partial charge in [0.1, 0.15) is 0 Å². The van der Waals surface area contributed by atoms with Gasteiger partial charge in [-0.3, -0.25) is 9.69 Å². The Balaban J connectivity index is 1.84. The van der Waals surface area contributed by atoms with Crippen LogP contribution in [0.1, 0.15) is 17.4 Å². The molecular formula is C17H22N2OS2. The first-order valence-electron chi connectivity index (χ1n) is 7.23. The molecule has 2 rings (SSSR count). The van der Waals surface area contributed by atoms with Crippen LogP contribution in [0.4, 0.5) is 0 Å². The van der Waals surface area contributed by atoms with Gasteiger partial charge in [-0.2, -0.15) is 0 Å². The number of benzene rings is 1. The number of nitrogens with zero attached hydrogens (tertiary/aromatic N) is 1. The lowest BCUT2D eigenvalue weighted by Gasteiger charge is -2.24. The molecule has 0 aliphatic heterocycles. The molecule has 5 heteroatoms. The van der Waals surface area contributed by atoms with E-state index in [-0.39, 0.29) is 11.9 Å². The number of rotatable bonds is 7. The molecule has 0 radical (unpaired) electrons. The summed E-state index contributed by atoms with van der Waals surface area (Å²) >= 11 is 3.40. The summed E-state index contributed by atoms with van der Waals surface area (Å²) in [5, 5.41) is 5.02. The Morgan fingerprint density at radius 3 is 2.64 bits per heavy atom. The number of carbonyl (C=O) groups is 1. The Hall–Kier alpha value is -1.30. The predicted octanol–water partition coefficient (Wildman–Crippen LogP) is 3.61. The van der Waals surface area contributed by atoms with Crippen LogP contribution < -0.4 is 5.32 Å². The van der Waals surface area contributed by atoms with Gasteiger partial charge in [-0.05, 0) is 49.4 Å². The average molecular weight is 335 g/mol. The molecule has 1 unspecified atom stereocenters. The molecule has 1 heterocycles. The first kappa shape index (κ1) is 17.1. The molecule has 0 fully saturated rings. The molecule has 0 saturated carbocycles. The third-order valence-corrected chi connectivity index (χ3v) is 5.27. The largest absolute Gasteiger partial charge is 0.350 e. The number of hydrogen-bond donors (Lipinski definition) is 1. The van der Waals surface area contributed by atoms with Crippen LogP contribution in [0.3, 0.4) is 0 Å². The summed E-state index contributed by atoms with van der Waals surface area (Å²) in [6, 6.07) is 12.4. The Morgan fingerprint density at radius 1 is 1.32 bits per heavy atom. The van der Waals surface area contributed by atoms with Crippen molar-refractivity contribution in [2.24, 2.45) is 0 Å². The van der Waals surface area contributed by atoms with Gasteiger partial charge in [0.2, 0.25) is 5.91 Å². The zero-order valence-electron chi connectivity index (χ0n) is 13.2. The van der Waals surface area contributed by atoms with E-state index in [0.717, 1.165) is 6.54 Å². The Labute approximate surface area is 140 Å². The van der Waals surface area contributed by atoms with Crippen molar-refractivity contribution >= 4 is 29.0 Å². The van der Waals surface area contributed by atoms with Crippen molar-refractivity contribution in [2.45, 2.75) is 31.0 Å². The van der Waals surface area contributed by atoms with Crippen molar-refractivity contribution < 1.29 is 4.79 Å². The first-order chi connectivity index (χ1) is 10.6. The van der Waals surface area contributed by atoms with Crippen molar-refractivity contribution in [2.75, 3.05) is 13.3 Å². The van der Waals surface area contributed by atoms with Gasteiger partial charge in [0.25, 0.3) is 0 Å². The summed E-state index contributed by atoms with van der Waals surface area (Å²) in [5.74, 6) is 0.0663. The quantitative estimate of drug-likeness (QED) is 0.785. The number of likely N-dealkylation sites (N-methyl/N-ethyl adjacent to an activating group) is 1. The third kappa shape index (κ3) is 4.87. The topological polar surface area (TPSA) is 32.3 Å². The molecule has 1 N–H and O–H groups in total. The number of nitrogens with one attached hydrogen (secondary N) is 1. The fourth-order valence-corrected chi connectivity index (χ4v) is 3.14. The zero-order chi connectivity index (χ0) is 15.9. The van der Waals surface area contributed by atoms with Crippen LogP contribution in [0, 0.1) is 0 Å². The maximum absolute atomic E-state index is 12.2. The maximum Gasteiger partial charge on any atom is 0.237 e. The second kappa shape index (κ2) is 8.36. The monoisotopic (exact) mass is 334 g/mol. The smallest absolute Gasteiger partial charge is 0.237 e. The molecule has 0 bridgehead atoms. The van der Waals surface area contributed by atoms with Crippen LogP contribution in [0.15, 0.2) is 46.7 Å². The number of hydrogen-bond acceptors (Lipinski definition) is 4. The standard InChI is InChI=1S/C17H22N2OS2/c1-13(17(20)18-11-16-5-4-10-22-16)19(2)12-14-6-8-15(21-3)9-7-14/h4-10,13H,11-12H2,1-3H3,(H,18,20). The second-order valence-electron chi connectivity index (χ2n) is 5.24. The van der Waals surface area contributed by atoms with Crippen LogP contribution in [0.25, 0.3) is 0 Å². The molecule has 0 spiro atoms. The molecule has 1 aromatic carbocycles. The highest BCUT2D eigenvalue weighted by atomic mass is 32.2. The lowest BCUT2D eigenvalue weighted by molar-refractivity contribution is -0.125. The summed E-state index contributed by atoms with van der Waals surface area (Å²) in [4.78, 5) is 16.7. The molecular weight excluding hydrogens is 312 g/mol. The fourth-order valence-electron chi connectivity index (χ4n) is 2.09. The van der Waals surface area contributed by atoms with E-state index in [0.29, 0.717) is 6.54 Å². The van der Waals surface area contributed by atoms with E-state index in [2.05, 4.69) is 40.7 Å². The van der Waals surface area contributed by atoms with Crippen molar-refractivity contribution in [1.29, 1.82) is 0 Å². The van der Waals surface area contributed by atoms with E-state index in [1.807, 2.05) is 31.5 Å². The molecule has 0 saturated heterocycles. The number of thioether (sulfide) groups is 1. The zero-order valence-corrected chi connectivity index (χ0v) is 14.8. The van der Waals surface area contributed by atoms with Crippen molar-refractivity contribution in [3.8, 4) is 0 Å². The van der Waals surface area contributed by atoms with Crippen LogP contribution >= 0.6 is 23.1 Å². The van der Waals surface area contributed by atoms with Crippen molar-refractivity contribution in [3.63, 3.8) is 0 Å². The first-order valence-corrected chi connectivity index (χ1v) is 9.34. The molecule has 118 valence electrons. The minimum Gasteiger partial charge on any atom is -0.350 e. The lowest BCUT2D eigenvalue weighted by Crippen LogP contribution is -2.42. The minimum atomic E-state index is -0.153. The molecule has 22 heavy (non-hydrogen) atoms. The molecule has 3 nitrogen and oxygen atoms in total. The Morgan fingerprint density at radius 2 is 2.05 bits per heavy atom. The van der Waals surface area contributed by atoms with E-state index >= 15 is 0 Å². The van der Waals surface area contributed by atoms with Crippen LogP contribution in [-0.2, 0) is 17.9 Å². The SMILES string of the molecule is CSc1ccc(CN(C)C(C)C(=O)NCc2cccs2)cc1. The van der Waals surface area contributed by atoms with E-state index in [9.17, 15) is 4.79 Å². The van der Waals surface area contributed by atoms with E-state index in [1.165, 1.54) is 15.3 Å². The molecule has 0 aliphatic carbocycles. The molecule has 1 aromatic heterocycles. The van der Waals surface area contributed by atoms with Crippen LogP contribution in [0.5, 0.6) is 0 Å². The Kier molecular flexibility index (Phi) is 6.49. The predicted molar refractivity (Wildman–Crippen MR) is 95.3 cm³/mol. The number of thiophene rings is 1. The highest BCUT2D eigenvalue weighted by molar-refractivity contribution is 7.98. The van der Waals surface area contributed by atoms with Gasteiger partial charge in [-0.25, -0.2) is 0 Å². The summed E-state index contributed by atoms with van der Waals surface area (Å²) in [7, 11) is 1.98. The van der Waals surface area contributed by atoms with E-state index in [1.54, 1.807) is 23.1 Å². The van der Waals surface area contributed by atoms with E-state index in [4.69, 9.17) is 0 Å². The van der Waals surface area contributed by atoms with Gasteiger partial charge < -0.3 is 5.32 Å². The van der Waals surface area contributed by atoms with Crippen molar-refractivity contribution in [3.05, 3.63) is 52.2 Å². The van der Waals surface area contributed by atoms with Crippen LogP contribution in [-0.4, -0.2) is 30.2 Å². The van der Waals surface area contributed by atoms with Gasteiger partial charge in [-0.15, -0.1) is 23.1 Å². The maximum atomic E-state index is 12.2. The average Bonchev–Trinajstić information content (AvgIpc) is 3.06. The molecule has 2 aromatic rings. The second-order valence-corrected chi connectivity index (χ2v) is 7.15. The highest BCUT2D eigenvalue weighted by Gasteiger charge is 2.17. The van der Waals surface area contributed by atoms with Gasteiger partial charge in [0, 0.05) is 16.3 Å². The van der Waals surface area contributed by atoms with Crippen molar-refractivity contribution in [1.82, 2.24) is 10.2 Å². The number of carbonyl (C=O) groups excluding carboxylic acids is 1. The Bertz CT molecular complexity index is 581. The summed E-state index contributed by atoms with van der Waals surface area (Å²) in [6.45, 7) is 3.32. The van der Waals surface area contributed by atoms with Gasteiger partial charge in [0.15, 0.2) is 0 Å². The summed E-state index contributed by atoms with van der Waals surface area (Å²) in [6.07, 6.45) is 2.07. The highest BCUT2D eigenvalue weighted by Crippen LogP contribution is 2.16. The molecule has 0 aliphatic rings. The third-order valence-electron chi connectivity index (χ3n) is 3.65. The normalized spacial score (nSPS) is 12.4. The van der Waals surface area contributed by atoms with Crippen LogP contribution in [0.2, 0.25) is 0 Å². The molecule has 1 atom stereocenters. The lowest BCUT2D eigenvalue weighted by atomic mass is 10.2. The van der Waals surface area contributed by atoms with Gasteiger partial charge >= 0.3 is 0 Å². The molecule has 1 amide bonds. The number of amides is 1. The summed E-state index contributed by atoms with van der Waals surface area (Å²) < 4.78 is 0. The van der Waals surface area contributed by atoms with E-state index < -0.39 is 0 Å². The summed E-state index contributed by atoms with van der Waals surface area (Å²) in [5.41, 5.74) is 1.22. The van der Waals surface area contributed by atoms with Gasteiger partial charge in [-0.1, -0.05) is 18.2 Å².